The van der Waals surface area contributed by atoms with Crippen molar-refractivity contribution in [3.05, 3.63) is 115 Å². The third-order valence-electron chi connectivity index (χ3n) is 5.49. The van der Waals surface area contributed by atoms with E-state index < -0.39 is 0 Å². The van der Waals surface area contributed by atoms with E-state index in [4.69, 9.17) is 0 Å². The molecule has 3 heteroatoms. The Morgan fingerprint density at radius 3 is 2.26 bits per heavy atom. The lowest BCUT2D eigenvalue weighted by Crippen LogP contribution is -2.00. The Morgan fingerprint density at radius 1 is 0.645 bits per heavy atom. The number of rotatable bonds is 5. The summed E-state index contributed by atoms with van der Waals surface area (Å²) in [5, 5.41) is 5.99. The Morgan fingerprint density at radius 2 is 1.42 bits per heavy atom. The second-order valence-corrected chi connectivity index (χ2v) is 7.73. The van der Waals surface area contributed by atoms with Crippen molar-refractivity contribution in [2.24, 2.45) is 0 Å². The first-order chi connectivity index (χ1) is 15.2. The van der Waals surface area contributed by atoms with Crippen molar-refractivity contribution in [2.45, 2.75) is 13.5 Å². The maximum atomic E-state index is 4.58. The largest absolute Gasteiger partial charge is 0.381 e. The van der Waals surface area contributed by atoms with Gasteiger partial charge in [0.25, 0.3) is 0 Å². The highest BCUT2D eigenvalue weighted by atomic mass is 14.9. The molecule has 0 fully saturated rings. The van der Waals surface area contributed by atoms with Crippen LogP contribution in [0.2, 0.25) is 0 Å². The summed E-state index contributed by atoms with van der Waals surface area (Å²) >= 11 is 0. The average molecular weight is 402 g/mol. The summed E-state index contributed by atoms with van der Waals surface area (Å²) < 4.78 is 0. The van der Waals surface area contributed by atoms with Crippen molar-refractivity contribution in [1.82, 2.24) is 9.97 Å². The van der Waals surface area contributed by atoms with Crippen LogP contribution in [0.5, 0.6) is 0 Å². The van der Waals surface area contributed by atoms with Crippen LogP contribution in [0.15, 0.2) is 103 Å². The first-order valence-electron chi connectivity index (χ1n) is 10.5. The highest BCUT2D eigenvalue weighted by Gasteiger charge is 2.04. The predicted octanol–water partition coefficient (Wildman–Crippen LogP) is 6.88. The van der Waals surface area contributed by atoms with Gasteiger partial charge in [-0.15, -0.1) is 0 Å². The summed E-state index contributed by atoms with van der Waals surface area (Å²) in [5.74, 6) is 0. The minimum Gasteiger partial charge on any atom is -0.381 e. The van der Waals surface area contributed by atoms with E-state index >= 15 is 0 Å². The van der Waals surface area contributed by atoms with Gasteiger partial charge in [-0.3, -0.25) is 9.97 Å². The van der Waals surface area contributed by atoms with Crippen LogP contribution < -0.4 is 5.32 Å². The van der Waals surface area contributed by atoms with Crippen LogP contribution in [-0.2, 0) is 6.54 Å². The normalized spacial score (nSPS) is 10.9. The smallest absolute Gasteiger partial charge is 0.0722 e. The fraction of sp³-hybridized carbons (Fsp3) is 0.0714. The van der Waals surface area contributed by atoms with Gasteiger partial charge in [-0.1, -0.05) is 60.7 Å². The van der Waals surface area contributed by atoms with E-state index in [1.54, 1.807) is 0 Å². The Bertz CT molecular complexity index is 1340. The second kappa shape index (κ2) is 8.41. The Balaban J connectivity index is 1.30. The molecule has 0 bridgehead atoms. The van der Waals surface area contributed by atoms with Crippen molar-refractivity contribution in [3.8, 4) is 22.4 Å². The van der Waals surface area contributed by atoms with Gasteiger partial charge in [0.15, 0.2) is 0 Å². The van der Waals surface area contributed by atoms with E-state index in [0.29, 0.717) is 0 Å². The molecule has 0 aliphatic carbocycles. The molecule has 2 heterocycles. The predicted molar refractivity (Wildman–Crippen MR) is 129 cm³/mol. The molecular formula is C28H23N3. The zero-order valence-electron chi connectivity index (χ0n) is 17.4. The first kappa shape index (κ1) is 19.0. The molecule has 0 radical (unpaired) electrons. The van der Waals surface area contributed by atoms with Gasteiger partial charge in [-0.25, -0.2) is 0 Å². The van der Waals surface area contributed by atoms with Crippen LogP contribution in [-0.4, -0.2) is 9.97 Å². The van der Waals surface area contributed by atoms with Gasteiger partial charge in [0.1, 0.15) is 0 Å². The molecule has 3 nitrogen and oxygen atoms in total. The topological polar surface area (TPSA) is 37.8 Å². The highest BCUT2D eigenvalue weighted by molar-refractivity contribution is 5.87. The van der Waals surface area contributed by atoms with Crippen LogP contribution in [0.3, 0.4) is 0 Å². The number of aromatic nitrogens is 2. The van der Waals surface area contributed by atoms with Gasteiger partial charge < -0.3 is 5.32 Å². The molecule has 150 valence electrons. The highest BCUT2D eigenvalue weighted by Crippen LogP contribution is 2.25. The third kappa shape index (κ3) is 4.31. The van der Waals surface area contributed by atoms with E-state index in [2.05, 4.69) is 94.1 Å². The number of hydrogen-bond acceptors (Lipinski definition) is 3. The number of aryl methyl sites for hydroxylation is 1. The Hall–Kier alpha value is -3.98. The number of fused-ring (bicyclic) bond motifs is 1. The molecule has 0 aliphatic rings. The van der Waals surface area contributed by atoms with Gasteiger partial charge in [0.2, 0.25) is 0 Å². The number of nitrogens with zero attached hydrogens (tertiary/aromatic N) is 2. The van der Waals surface area contributed by atoms with E-state index in [1.807, 2.05) is 31.5 Å². The van der Waals surface area contributed by atoms with Crippen LogP contribution in [0.1, 0.15) is 11.3 Å². The minimum absolute atomic E-state index is 0.761. The molecule has 0 unspecified atom stereocenters. The molecule has 0 amide bonds. The Kier molecular flexibility index (Phi) is 5.16. The summed E-state index contributed by atoms with van der Waals surface area (Å²) in [6.45, 7) is 2.78. The second-order valence-electron chi connectivity index (χ2n) is 7.73. The Labute approximate surface area is 182 Å². The summed E-state index contributed by atoms with van der Waals surface area (Å²) in [5.41, 5.74) is 7.82. The molecule has 3 aromatic carbocycles. The number of anilines is 1. The molecule has 0 spiro atoms. The number of hydrogen-bond donors (Lipinski definition) is 1. The van der Waals surface area contributed by atoms with Crippen LogP contribution >= 0.6 is 0 Å². The first-order valence-corrected chi connectivity index (χ1v) is 10.5. The van der Waals surface area contributed by atoms with E-state index in [-0.39, 0.29) is 0 Å². The lowest BCUT2D eigenvalue weighted by atomic mass is 10.0. The van der Waals surface area contributed by atoms with Crippen LogP contribution in [0.25, 0.3) is 33.2 Å². The summed E-state index contributed by atoms with van der Waals surface area (Å²) in [4.78, 5) is 8.85. The molecule has 0 atom stereocenters. The summed E-state index contributed by atoms with van der Waals surface area (Å²) in [7, 11) is 0. The number of nitrogens with one attached hydrogen (secondary N) is 1. The molecular weight excluding hydrogens is 378 g/mol. The molecule has 5 aromatic rings. The minimum atomic E-state index is 0.761. The van der Waals surface area contributed by atoms with E-state index in [1.165, 1.54) is 27.5 Å². The molecule has 5 rings (SSSR count). The van der Waals surface area contributed by atoms with Crippen molar-refractivity contribution in [3.63, 3.8) is 0 Å². The lowest BCUT2D eigenvalue weighted by molar-refractivity contribution is 1.14. The maximum Gasteiger partial charge on any atom is 0.0722 e. The van der Waals surface area contributed by atoms with Gasteiger partial charge in [-0.2, -0.15) is 0 Å². The number of benzene rings is 3. The maximum absolute atomic E-state index is 4.58. The fourth-order valence-electron chi connectivity index (χ4n) is 3.79. The third-order valence-corrected chi connectivity index (χ3v) is 5.49. The zero-order chi connectivity index (χ0) is 21.0. The van der Waals surface area contributed by atoms with Crippen LogP contribution in [0.4, 0.5) is 5.69 Å². The van der Waals surface area contributed by atoms with Gasteiger partial charge in [0.05, 0.1) is 5.69 Å². The molecule has 0 saturated carbocycles. The van der Waals surface area contributed by atoms with Crippen molar-refractivity contribution in [1.29, 1.82) is 0 Å². The van der Waals surface area contributed by atoms with Crippen molar-refractivity contribution in [2.75, 3.05) is 5.32 Å². The summed E-state index contributed by atoms with van der Waals surface area (Å²) in [6.07, 6.45) is 3.72. The van der Waals surface area contributed by atoms with Gasteiger partial charge >= 0.3 is 0 Å². The molecule has 0 aliphatic heterocycles. The quantitative estimate of drug-likeness (QED) is 0.349. The van der Waals surface area contributed by atoms with Gasteiger partial charge in [-0.05, 0) is 64.7 Å². The van der Waals surface area contributed by atoms with Crippen molar-refractivity contribution >= 4 is 16.5 Å². The summed E-state index contributed by atoms with van der Waals surface area (Å²) in [6, 6.07) is 31.8. The SMILES string of the molecule is Cc1cc(-c2ccc(CNc3ccnc(-c4ccc5ccccc5c4)c3)cc2)ccn1. The molecule has 31 heavy (non-hydrogen) atoms. The van der Waals surface area contributed by atoms with Crippen LogP contribution in [0, 0.1) is 6.92 Å². The fourth-order valence-corrected chi connectivity index (χ4v) is 3.79. The molecule has 2 aromatic heterocycles. The monoisotopic (exact) mass is 401 g/mol. The van der Waals surface area contributed by atoms with Gasteiger partial charge in [0, 0.05) is 35.9 Å². The average Bonchev–Trinajstić information content (AvgIpc) is 2.83. The molecule has 1 N–H and O–H groups in total. The standard InChI is InChI=1S/C28H23N3/c1-20-16-25(12-14-29-20)23-8-6-21(7-9-23)19-31-27-13-15-30-28(18-27)26-11-10-22-4-2-3-5-24(22)17-26/h2-18H,19H2,1H3,(H,30,31). The van der Waals surface area contributed by atoms with E-state index in [9.17, 15) is 0 Å². The zero-order valence-corrected chi connectivity index (χ0v) is 17.4. The molecule has 0 saturated heterocycles. The van der Waals surface area contributed by atoms with Crippen molar-refractivity contribution < 1.29 is 0 Å². The number of pyridine rings is 2. The van der Waals surface area contributed by atoms with E-state index in [0.717, 1.165) is 29.2 Å². The lowest BCUT2D eigenvalue weighted by Gasteiger charge is -2.10.